The van der Waals surface area contributed by atoms with E-state index in [2.05, 4.69) is 196 Å². The summed E-state index contributed by atoms with van der Waals surface area (Å²) < 4.78 is 10.7. The summed E-state index contributed by atoms with van der Waals surface area (Å²) in [4.78, 5) is 24.7. The fraction of sp³-hybridized carbons (Fsp3) is 0.595. The molecule has 1 N–H and O–H groups in total. The van der Waals surface area contributed by atoms with Crippen LogP contribution >= 0.6 is 0 Å². The van der Waals surface area contributed by atoms with Crippen molar-refractivity contribution in [2.24, 2.45) is 0 Å². The zero-order valence-electron chi connectivity index (χ0n) is 54.1. The Labute approximate surface area is 518 Å². The molecule has 0 aliphatic carbocycles. The molecule has 0 aromatic heterocycles. The van der Waals surface area contributed by atoms with Gasteiger partial charge in [0.25, 0.3) is 0 Å². The number of aliphatic hydroxyl groups is 1. The molecule has 0 bridgehead atoms. The summed E-state index contributed by atoms with van der Waals surface area (Å²) in [5.74, 6) is -0.602. The van der Waals surface area contributed by atoms with E-state index in [-0.39, 0.29) is 25.2 Å². The number of esters is 2. The van der Waals surface area contributed by atoms with Crippen molar-refractivity contribution in [1.82, 2.24) is 0 Å². The average molecular weight is 1160 g/mol. The molecule has 5 nitrogen and oxygen atoms in total. The fourth-order valence-electron chi connectivity index (χ4n) is 9.14. The van der Waals surface area contributed by atoms with Crippen LogP contribution in [0.25, 0.3) is 0 Å². The highest BCUT2D eigenvalue weighted by molar-refractivity contribution is 5.70. The lowest BCUT2D eigenvalue weighted by atomic mass is 10.0. The Bertz CT molecular complexity index is 1890. The number of hydrogen-bond donors (Lipinski definition) is 1. The molecule has 0 fully saturated rings. The Hall–Kier alpha value is -5.00. The van der Waals surface area contributed by atoms with Gasteiger partial charge in [-0.3, -0.25) is 9.59 Å². The molecule has 1 unspecified atom stereocenters. The van der Waals surface area contributed by atoms with Gasteiger partial charge in [0, 0.05) is 12.8 Å². The first-order valence-electron chi connectivity index (χ1n) is 34.3. The summed E-state index contributed by atoms with van der Waals surface area (Å²) in [7, 11) is 0. The molecular weight excluding hydrogens is 1030 g/mol. The first kappa shape index (κ1) is 79.0. The van der Waals surface area contributed by atoms with E-state index in [1.165, 1.54) is 122 Å². The number of carbonyl (C=O) groups is 2. The van der Waals surface area contributed by atoms with Crippen molar-refractivity contribution in [2.75, 3.05) is 13.2 Å². The lowest BCUT2D eigenvalue weighted by Crippen LogP contribution is -2.28. The Balaban J connectivity index is 3.57. The van der Waals surface area contributed by atoms with Gasteiger partial charge in [0.1, 0.15) is 6.61 Å². The van der Waals surface area contributed by atoms with Gasteiger partial charge in [0.05, 0.1) is 6.61 Å². The molecule has 0 aliphatic heterocycles. The van der Waals surface area contributed by atoms with Gasteiger partial charge < -0.3 is 14.6 Å². The number of ether oxygens (including phenoxy) is 2. The predicted octanol–water partition coefficient (Wildman–Crippen LogP) is 24.2. The number of allylic oxidation sites excluding steroid dienone is 30. The number of carbonyl (C=O) groups excluding carboxylic acids is 2. The molecule has 0 saturated heterocycles. The van der Waals surface area contributed by atoms with Crippen molar-refractivity contribution in [3.63, 3.8) is 0 Å². The van der Waals surface area contributed by atoms with Crippen molar-refractivity contribution in [3.05, 3.63) is 182 Å². The SMILES string of the molecule is CC/C=C\C/C=C\C/C=C\C/C=C\C/C=C\C/C=C\C/C=C\C/C=C\C/C=C\C/C=C\CCCCCCCCCCCCC(=O)OC(CO)COC(=O)CCCCCCCCCCCCCCC/C=C\C/C=C\C/C=C\C/C=C\C/C=C\CC. The van der Waals surface area contributed by atoms with Gasteiger partial charge in [-0.25, -0.2) is 0 Å². The smallest absolute Gasteiger partial charge is 0.306 e. The number of rotatable bonds is 61. The number of unbranched alkanes of at least 4 members (excludes halogenated alkanes) is 23. The first-order chi connectivity index (χ1) is 41.6. The van der Waals surface area contributed by atoms with Gasteiger partial charge in [-0.1, -0.05) is 318 Å². The molecule has 84 heavy (non-hydrogen) atoms. The zero-order chi connectivity index (χ0) is 60.5. The third-order valence-electron chi connectivity index (χ3n) is 14.2. The molecule has 0 radical (unpaired) electrons. The predicted molar refractivity (Wildman–Crippen MR) is 370 cm³/mol. The minimum atomic E-state index is -0.789. The second-order valence-electron chi connectivity index (χ2n) is 22.1. The summed E-state index contributed by atoms with van der Waals surface area (Å²) in [6.45, 7) is 3.91. The van der Waals surface area contributed by atoms with E-state index < -0.39 is 6.10 Å². The maximum atomic E-state index is 12.4. The van der Waals surface area contributed by atoms with E-state index in [4.69, 9.17) is 9.47 Å². The molecule has 0 aromatic carbocycles. The van der Waals surface area contributed by atoms with Gasteiger partial charge >= 0.3 is 11.9 Å². The van der Waals surface area contributed by atoms with Crippen LogP contribution in [0.4, 0.5) is 0 Å². The van der Waals surface area contributed by atoms with Crippen molar-refractivity contribution >= 4 is 11.9 Å². The van der Waals surface area contributed by atoms with Crippen LogP contribution in [0, 0.1) is 0 Å². The van der Waals surface area contributed by atoms with E-state index in [1.54, 1.807) is 0 Å². The van der Waals surface area contributed by atoms with Crippen LogP contribution in [-0.4, -0.2) is 36.4 Å². The topological polar surface area (TPSA) is 72.8 Å². The van der Waals surface area contributed by atoms with E-state index >= 15 is 0 Å². The summed E-state index contributed by atoms with van der Waals surface area (Å²) in [5.41, 5.74) is 0. The standard InChI is InChI=1S/C79H126O5/c1-3-5-7-9-11-13-15-17-19-21-23-25-27-29-31-33-34-35-36-37-38-39-40-41-42-43-44-46-48-50-52-54-56-58-60-62-64-66-68-70-72-74-79(82)84-77(75-80)76-83-78(81)73-71-69-67-65-63-61-59-57-55-53-51-49-47-45-32-30-28-26-24-22-20-18-16-14-12-10-8-6-4-2/h5-8,11-14,17-20,23-26,29-32,34-35,37-38,40-41,43-44,48,50,77,80H,3-4,9-10,15-16,21-22,27-28,33,36,39,42,45-47,49,51-76H2,1-2H3/b7-5-,8-6-,13-11-,14-12-,19-17-,20-18-,25-23-,26-24-,31-29-,32-30-,35-34-,38-37-,41-40-,44-43-,50-48-. The highest BCUT2D eigenvalue weighted by Gasteiger charge is 2.16. The van der Waals surface area contributed by atoms with Crippen LogP contribution in [-0.2, 0) is 19.1 Å². The quantitative estimate of drug-likeness (QED) is 0.0373. The molecule has 0 heterocycles. The highest BCUT2D eigenvalue weighted by atomic mass is 16.6. The minimum absolute atomic E-state index is 0.0771. The Morgan fingerprint density at radius 2 is 0.476 bits per heavy atom. The fourth-order valence-corrected chi connectivity index (χ4v) is 9.14. The Morgan fingerprint density at radius 1 is 0.274 bits per heavy atom. The van der Waals surface area contributed by atoms with E-state index in [0.29, 0.717) is 12.8 Å². The molecule has 0 rings (SSSR count). The van der Waals surface area contributed by atoms with Gasteiger partial charge in [0.2, 0.25) is 0 Å². The van der Waals surface area contributed by atoms with Crippen LogP contribution in [0.1, 0.15) is 284 Å². The summed E-state index contributed by atoms with van der Waals surface area (Å²) in [6.07, 6.45) is 113. The second kappa shape index (κ2) is 72.3. The van der Waals surface area contributed by atoms with Gasteiger partial charge in [0.15, 0.2) is 6.10 Å². The summed E-state index contributed by atoms with van der Waals surface area (Å²) >= 11 is 0. The third-order valence-corrected chi connectivity index (χ3v) is 14.2. The molecule has 0 aromatic rings. The van der Waals surface area contributed by atoms with Gasteiger partial charge in [-0.2, -0.15) is 0 Å². The van der Waals surface area contributed by atoms with E-state index in [9.17, 15) is 14.7 Å². The van der Waals surface area contributed by atoms with Crippen LogP contribution in [0.3, 0.4) is 0 Å². The van der Waals surface area contributed by atoms with Crippen LogP contribution < -0.4 is 0 Å². The largest absolute Gasteiger partial charge is 0.462 e. The van der Waals surface area contributed by atoms with Crippen molar-refractivity contribution in [2.45, 2.75) is 290 Å². The maximum absolute atomic E-state index is 12.4. The molecule has 0 amide bonds. The summed E-state index contributed by atoms with van der Waals surface area (Å²) in [5, 5.41) is 9.70. The Kier molecular flexibility index (Phi) is 68.0. The minimum Gasteiger partial charge on any atom is -0.462 e. The average Bonchev–Trinajstić information content (AvgIpc) is 3.51. The molecule has 0 spiro atoms. The summed E-state index contributed by atoms with van der Waals surface area (Å²) in [6, 6.07) is 0. The third kappa shape index (κ3) is 69.5. The zero-order valence-corrected chi connectivity index (χ0v) is 54.1. The van der Waals surface area contributed by atoms with Crippen LogP contribution in [0.15, 0.2) is 182 Å². The molecular formula is C79H126O5. The van der Waals surface area contributed by atoms with Gasteiger partial charge in [-0.05, 0) is 135 Å². The number of aliphatic hydroxyl groups excluding tert-OH is 1. The van der Waals surface area contributed by atoms with Crippen LogP contribution in [0.2, 0.25) is 0 Å². The van der Waals surface area contributed by atoms with Crippen molar-refractivity contribution < 1.29 is 24.2 Å². The maximum Gasteiger partial charge on any atom is 0.306 e. The van der Waals surface area contributed by atoms with Crippen LogP contribution in [0.5, 0.6) is 0 Å². The monoisotopic (exact) mass is 1150 g/mol. The van der Waals surface area contributed by atoms with E-state index in [1.807, 2.05) is 0 Å². The van der Waals surface area contributed by atoms with Gasteiger partial charge in [-0.15, -0.1) is 0 Å². The lowest BCUT2D eigenvalue weighted by Gasteiger charge is -2.15. The van der Waals surface area contributed by atoms with Crippen molar-refractivity contribution in [3.8, 4) is 0 Å². The second-order valence-corrected chi connectivity index (χ2v) is 22.1. The number of hydrogen-bond acceptors (Lipinski definition) is 5. The molecule has 472 valence electrons. The molecule has 1 atom stereocenters. The van der Waals surface area contributed by atoms with E-state index in [0.717, 1.165) is 135 Å². The first-order valence-corrected chi connectivity index (χ1v) is 34.3. The normalized spacial score (nSPS) is 13.4. The highest BCUT2D eigenvalue weighted by Crippen LogP contribution is 2.16. The molecule has 0 saturated carbocycles. The molecule has 5 heteroatoms. The lowest BCUT2D eigenvalue weighted by molar-refractivity contribution is -0.161. The Morgan fingerprint density at radius 3 is 0.714 bits per heavy atom. The van der Waals surface area contributed by atoms with Crippen molar-refractivity contribution in [1.29, 1.82) is 0 Å². The molecule has 0 aliphatic rings.